The smallest absolute Gasteiger partial charge is 0.336 e. The third kappa shape index (κ3) is 5.19. The molecule has 2 aromatic carbocycles. The Morgan fingerprint density at radius 3 is 2.22 bits per heavy atom. The lowest BCUT2D eigenvalue weighted by Crippen LogP contribution is -2.37. The van der Waals surface area contributed by atoms with E-state index >= 15 is 0 Å². The maximum Gasteiger partial charge on any atom is 0.336 e. The number of nitrogens with one attached hydrogen (secondary N) is 1. The Kier molecular flexibility index (Phi) is 7.58. The number of methoxy groups -OCH3 is 2. The number of rotatable bonds is 6. The fraction of sp³-hybridized carbons (Fsp3) is 0.296. The molecule has 0 radical (unpaired) electrons. The van der Waals surface area contributed by atoms with Gasteiger partial charge >= 0.3 is 17.9 Å². The van der Waals surface area contributed by atoms with Crippen molar-refractivity contribution in [2.24, 2.45) is 5.92 Å². The number of esters is 3. The van der Waals surface area contributed by atoms with Crippen LogP contribution in [0.5, 0.6) is 5.75 Å². The number of ether oxygens (including phenoxy) is 5. The molecule has 1 atom stereocenters. The van der Waals surface area contributed by atoms with Crippen LogP contribution >= 0.6 is 0 Å². The van der Waals surface area contributed by atoms with Gasteiger partial charge in [0.2, 0.25) is 6.29 Å². The van der Waals surface area contributed by atoms with Crippen LogP contribution in [-0.2, 0) is 46.5 Å². The summed E-state index contributed by atoms with van der Waals surface area (Å²) in [7, 11) is 2.32. The minimum Gasteiger partial charge on any atom is -0.466 e. The molecule has 2 aliphatic rings. The molecule has 0 unspecified atom stereocenters. The Labute approximate surface area is 212 Å². The molecule has 0 amide bonds. The van der Waals surface area contributed by atoms with E-state index < -0.39 is 35.9 Å². The highest BCUT2D eigenvalue weighted by atomic mass is 19.1. The summed E-state index contributed by atoms with van der Waals surface area (Å²) in [5, 5.41) is 2.90. The highest BCUT2D eigenvalue weighted by molar-refractivity contribution is 6.05. The molecule has 0 spiro atoms. The number of dihydropyridines is 1. The maximum atomic E-state index is 14.4. The Morgan fingerprint density at radius 2 is 1.62 bits per heavy atom. The predicted molar refractivity (Wildman–Crippen MR) is 127 cm³/mol. The third-order valence-corrected chi connectivity index (χ3v) is 6.07. The molecule has 2 heterocycles. The fourth-order valence-electron chi connectivity index (χ4n) is 4.38. The van der Waals surface area contributed by atoms with Gasteiger partial charge in [-0.2, -0.15) is 0 Å². The quantitative estimate of drug-likeness (QED) is 0.460. The van der Waals surface area contributed by atoms with Crippen molar-refractivity contribution in [2.75, 3.05) is 14.2 Å². The molecule has 9 nitrogen and oxygen atoms in total. The summed E-state index contributed by atoms with van der Waals surface area (Å²) in [6.45, 7) is 2.85. The summed E-state index contributed by atoms with van der Waals surface area (Å²) in [5.41, 5.74) is 1.96. The van der Waals surface area contributed by atoms with Crippen molar-refractivity contribution in [1.82, 2.24) is 5.32 Å². The molecular weight excluding hydrogens is 485 g/mol. The number of hydrogen-bond donors (Lipinski definition) is 1. The van der Waals surface area contributed by atoms with Crippen molar-refractivity contribution in [2.45, 2.75) is 33.4 Å². The van der Waals surface area contributed by atoms with E-state index in [4.69, 9.17) is 23.7 Å². The fourth-order valence-corrected chi connectivity index (χ4v) is 4.38. The van der Waals surface area contributed by atoms with Gasteiger partial charge in [-0.05, 0) is 26.0 Å². The lowest BCUT2D eigenvalue weighted by atomic mass is 9.85. The van der Waals surface area contributed by atoms with Gasteiger partial charge in [-0.1, -0.05) is 30.3 Å². The average molecular weight is 512 g/mol. The van der Waals surface area contributed by atoms with E-state index in [0.29, 0.717) is 22.7 Å². The Balaban J connectivity index is 1.63. The third-order valence-electron chi connectivity index (χ3n) is 6.07. The molecule has 4 rings (SSSR count). The number of hydrogen-bond acceptors (Lipinski definition) is 9. The molecular formula is C27H26FNO8. The second-order valence-electron chi connectivity index (χ2n) is 8.45. The number of carbonyl (C=O) groups excluding carboxylic acids is 3. The van der Waals surface area contributed by atoms with Crippen molar-refractivity contribution in [3.8, 4) is 5.75 Å². The van der Waals surface area contributed by atoms with Gasteiger partial charge in [0.1, 0.15) is 24.1 Å². The monoisotopic (exact) mass is 511 g/mol. The zero-order valence-electron chi connectivity index (χ0n) is 20.8. The Bertz CT molecular complexity index is 1260. The van der Waals surface area contributed by atoms with Gasteiger partial charge in [0, 0.05) is 28.1 Å². The molecule has 194 valence electrons. The summed E-state index contributed by atoms with van der Waals surface area (Å²) < 4.78 is 41.4. The van der Waals surface area contributed by atoms with Crippen LogP contribution in [0.15, 0.2) is 65.0 Å². The number of fused-ring (bicyclic) bond motifs is 1. The highest BCUT2D eigenvalue weighted by Gasteiger charge is 2.42. The summed E-state index contributed by atoms with van der Waals surface area (Å²) in [5.74, 6) is -4.17. The van der Waals surface area contributed by atoms with Crippen molar-refractivity contribution in [3.63, 3.8) is 0 Å². The van der Waals surface area contributed by atoms with Crippen LogP contribution < -0.4 is 10.1 Å². The van der Waals surface area contributed by atoms with Crippen LogP contribution in [0.3, 0.4) is 0 Å². The summed E-state index contributed by atoms with van der Waals surface area (Å²) >= 11 is 0. The van der Waals surface area contributed by atoms with Crippen LogP contribution in [0.25, 0.3) is 0 Å². The van der Waals surface area contributed by atoms with E-state index in [1.165, 1.54) is 12.1 Å². The Morgan fingerprint density at radius 1 is 1.00 bits per heavy atom. The largest absolute Gasteiger partial charge is 0.466 e. The van der Waals surface area contributed by atoms with Crippen LogP contribution in [0.1, 0.15) is 36.8 Å². The van der Waals surface area contributed by atoms with E-state index in [0.717, 1.165) is 19.8 Å². The Hall–Kier alpha value is -4.18. The van der Waals surface area contributed by atoms with Gasteiger partial charge in [0.25, 0.3) is 0 Å². The van der Waals surface area contributed by atoms with Crippen LogP contribution in [-0.4, -0.2) is 32.1 Å². The van der Waals surface area contributed by atoms with E-state index in [2.05, 4.69) is 5.32 Å². The van der Waals surface area contributed by atoms with E-state index in [1.54, 1.807) is 13.8 Å². The van der Waals surface area contributed by atoms with Crippen molar-refractivity contribution in [1.29, 1.82) is 0 Å². The van der Waals surface area contributed by atoms with Gasteiger partial charge in [-0.3, -0.25) is 4.79 Å². The molecule has 2 aliphatic heterocycles. The summed E-state index contributed by atoms with van der Waals surface area (Å²) in [6, 6.07) is 11.7. The number of allylic oxidation sites excluding steroid dienone is 2. The number of benzene rings is 2. The van der Waals surface area contributed by atoms with Crippen molar-refractivity contribution >= 4 is 17.9 Å². The molecule has 0 fully saturated rings. The molecule has 0 aromatic heterocycles. The zero-order valence-corrected chi connectivity index (χ0v) is 20.8. The van der Waals surface area contributed by atoms with E-state index in [1.807, 2.05) is 30.3 Å². The predicted octanol–water partition coefficient (Wildman–Crippen LogP) is 3.59. The second-order valence-corrected chi connectivity index (χ2v) is 8.45. The molecule has 0 aliphatic carbocycles. The number of carbonyl (C=O) groups is 3. The molecule has 10 heteroatoms. The van der Waals surface area contributed by atoms with E-state index in [9.17, 15) is 18.8 Å². The first-order valence-corrected chi connectivity index (χ1v) is 11.4. The average Bonchev–Trinajstić information content (AvgIpc) is 2.90. The lowest BCUT2D eigenvalue weighted by molar-refractivity contribution is -0.152. The zero-order chi connectivity index (χ0) is 26.7. The topological polar surface area (TPSA) is 109 Å². The van der Waals surface area contributed by atoms with E-state index in [-0.39, 0.29) is 29.9 Å². The summed E-state index contributed by atoms with van der Waals surface area (Å²) in [6.07, 6.45) is -0.731. The summed E-state index contributed by atoms with van der Waals surface area (Å²) in [4.78, 5) is 38.5. The molecule has 0 saturated carbocycles. The standard InChI is InChI=1S/C27H26FNO8/c1-14-20(24(30)33-3)22(21(15(2)29-14)25(31)34-4)26(32)35-12-17-10-19(28)11-18-13-36-27(37-23(17)18)16-8-6-5-7-9-16/h5-11,22,27,29H,12-13H2,1-4H3/t27-/m0/s1. The molecule has 2 aromatic rings. The first-order valence-electron chi connectivity index (χ1n) is 11.4. The van der Waals surface area contributed by atoms with Gasteiger partial charge in [-0.15, -0.1) is 0 Å². The van der Waals surface area contributed by atoms with Gasteiger partial charge in [-0.25, -0.2) is 14.0 Å². The van der Waals surface area contributed by atoms with Crippen molar-refractivity contribution < 1.29 is 42.5 Å². The van der Waals surface area contributed by atoms with Crippen LogP contribution in [0.2, 0.25) is 0 Å². The van der Waals surface area contributed by atoms with Gasteiger partial charge in [0.05, 0.1) is 32.0 Å². The van der Waals surface area contributed by atoms with Crippen molar-refractivity contribution in [3.05, 3.63) is 87.5 Å². The normalized spacial score (nSPS) is 17.4. The molecule has 1 N–H and O–H groups in total. The SMILES string of the molecule is COC(=O)C1=C(C)NC(C)=C(C(=O)OC)C1C(=O)OCc1cc(F)cc2c1O[C@@H](c1ccccc1)OC2. The van der Waals surface area contributed by atoms with Gasteiger partial charge in [0.15, 0.2) is 0 Å². The minimum absolute atomic E-state index is 0.0880. The van der Waals surface area contributed by atoms with Crippen LogP contribution in [0.4, 0.5) is 4.39 Å². The van der Waals surface area contributed by atoms with Gasteiger partial charge < -0.3 is 29.0 Å². The molecule has 0 bridgehead atoms. The second kappa shape index (κ2) is 10.8. The first kappa shape index (κ1) is 25.9. The number of halogens is 1. The lowest BCUT2D eigenvalue weighted by Gasteiger charge is -2.29. The minimum atomic E-state index is -1.41. The molecule has 0 saturated heterocycles. The highest BCUT2D eigenvalue weighted by Crippen LogP contribution is 2.38. The molecule has 37 heavy (non-hydrogen) atoms. The first-order chi connectivity index (χ1) is 17.7. The van der Waals surface area contributed by atoms with Crippen LogP contribution in [0, 0.1) is 11.7 Å². The maximum absolute atomic E-state index is 14.4.